The van der Waals surface area contributed by atoms with Crippen LogP contribution in [0, 0.1) is 17.5 Å². The lowest BCUT2D eigenvalue weighted by Gasteiger charge is -2.00. The van der Waals surface area contributed by atoms with Crippen molar-refractivity contribution in [1.82, 2.24) is 0 Å². The molecular formula is C10H5F3S. The molecule has 2 aromatic rings. The Labute approximate surface area is 82.6 Å². The number of hydrogen-bond acceptors (Lipinski definition) is 1. The van der Waals surface area contributed by atoms with E-state index in [1.54, 1.807) is 16.8 Å². The van der Waals surface area contributed by atoms with E-state index in [2.05, 4.69) is 0 Å². The van der Waals surface area contributed by atoms with E-state index >= 15 is 0 Å². The summed E-state index contributed by atoms with van der Waals surface area (Å²) in [7, 11) is 0. The molecule has 0 spiro atoms. The van der Waals surface area contributed by atoms with Crippen LogP contribution in [-0.4, -0.2) is 0 Å². The summed E-state index contributed by atoms with van der Waals surface area (Å²) >= 11 is 1.41. The van der Waals surface area contributed by atoms with E-state index in [0.29, 0.717) is 11.1 Å². The van der Waals surface area contributed by atoms with Gasteiger partial charge in [0.1, 0.15) is 0 Å². The average molecular weight is 214 g/mol. The number of halogens is 3. The quantitative estimate of drug-likeness (QED) is 0.633. The van der Waals surface area contributed by atoms with Gasteiger partial charge >= 0.3 is 0 Å². The predicted octanol–water partition coefficient (Wildman–Crippen LogP) is 3.83. The SMILES string of the molecule is Fc1cc(-c2ccsc2)cc(F)c1F. The standard InChI is InChI=1S/C10H5F3S/c11-8-3-7(4-9(12)10(8)13)6-1-2-14-5-6/h1-5H. The van der Waals surface area contributed by atoms with Gasteiger partial charge in [-0.2, -0.15) is 11.3 Å². The van der Waals surface area contributed by atoms with Crippen molar-refractivity contribution in [3.8, 4) is 11.1 Å². The highest BCUT2D eigenvalue weighted by molar-refractivity contribution is 7.08. The maximum Gasteiger partial charge on any atom is 0.194 e. The Morgan fingerprint density at radius 1 is 0.929 bits per heavy atom. The van der Waals surface area contributed by atoms with Crippen molar-refractivity contribution in [2.45, 2.75) is 0 Å². The first-order chi connectivity index (χ1) is 6.68. The van der Waals surface area contributed by atoms with Crippen LogP contribution in [0.4, 0.5) is 13.2 Å². The monoisotopic (exact) mass is 214 g/mol. The van der Waals surface area contributed by atoms with Gasteiger partial charge in [0.25, 0.3) is 0 Å². The molecule has 1 aromatic heterocycles. The highest BCUT2D eigenvalue weighted by atomic mass is 32.1. The summed E-state index contributed by atoms with van der Waals surface area (Å²) in [5.41, 5.74) is 1.04. The fraction of sp³-hybridized carbons (Fsp3) is 0. The molecule has 0 fully saturated rings. The fourth-order valence-corrected chi connectivity index (χ4v) is 1.82. The van der Waals surface area contributed by atoms with E-state index in [-0.39, 0.29) is 0 Å². The maximum atomic E-state index is 12.8. The summed E-state index contributed by atoms with van der Waals surface area (Å²) in [5, 5.41) is 3.53. The molecule has 0 atom stereocenters. The molecule has 1 aromatic carbocycles. The Morgan fingerprint density at radius 3 is 2.07 bits per heavy atom. The molecule has 0 saturated heterocycles. The van der Waals surface area contributed by atoms with Crippen LogP contribution in [0.25, 0.3) is 11.1 Å². The van der Waals surface area contributed by atoms with Gasteiger partial charge in [-0.25, -0.2) is 13.2 Å². The first kappa shape index (κ1) is 9.27. The summed E-state index contributed by atoms with van der Waals surface area (Å²) < 4.78 is 38.2. The molecule has 72 valence electrons. The highest BCUT2D eigenvalue weighted by Crippen LogP contribution is 2.25. The molecule has 0 aliphatic heterocycles. The maximum absolute atomic E-state index is 12.8. The van der Waals surface area contributed by atoms with Crippen molar-refractivity contribution < 1.29 is 13.2 Å². The Balaban J connectivity index is 2.57. The molecule has 0 nitrogen and oxygen atoms in total. The molecule has 0 N–H and O–H groups in total. The van der Waals surface area contributed by atoms with Crippen LogP contribution < -0.4 is 0 Å². The van der Waals surface area contributed by atoms with Crippen LogP contribution in [-0.2, 0) is 0 Å². The van der Waals surface area contributed by atoms with E-state index in [9.17, 15) is 13.2 Å². The molecule has 0 saturated carbocycles. The van der Waals surface area contributed by atoms with E-state index in [1.807, 2.05) is 0 Å². The van der Waals surface area contributed by atoms with Gasteiger partial charge < -0.3 is 0 Å². The number of rotatable bonds is 1. The average Bonchev–Trinajstić information content (AvgIpc) is 2.66. The zero-order chi connectivity index (χ0) is 10.1. The minimum atomic E-state index is -1.43. The second kappa shape index (κ2) is 3.46. The Hall–Kier alpha value is -1.29. The predicted molar refractivity (Wildman–Crippen MR) is 49.6 cm³/mol. The number of hydrogen-bond donors (Lipinski definition) is 0. The van der Waals surface area contributed by atoms with Crippen molar-refractivity contribution in [2.24, 2.45) is 0 Å². The second-order valence-corrected chi connectivity index (χ2v) is 3.55. The van der Waals surface area contributed by atoms with E-state index < -0.39 is 17.5 Å². The molecular weight excluding hydrogens is 209 g/mol. The van der Waals surface area contributed by atoms with Gasteiger partial charge in [0.15, 0.2) is 17.5 Å². The Bertz CT molecular complexity index is 425. The highest BCUT2D eigenvalue weighted by Gasteiger charge is 2.11. The fourth-order valence-electron chi connectivity index (χ4n) is 1.15. The van der Waals surface area contributed by atoms with Crippen LogP contribution in [0.15, 0.2) is 29.0 Å². The lowest BCUT2D eigenvalue weighted by molar-refractivity contribution is 0.448. The molecule has 4 heteroatoms. The van der Waals surface area contributed by atoms with Gasteiger partial charge in [0, 0.05) is 0 Å². The van der Waals surface area contributed by atoms with Crippen molar-refractivity contribution in [3.05, 3.63) is 46.4 Å². The second-order valence-electron chi connectivity index (χ2n) is 2.77. The molecule has 1 heterocycles. The molecule has 0 aliphatic rings. The molecule has 0 amide bonds. The van der Waals surface area contributed by atoms with Gasteiger partial charge in [-0.15, -0.1) is 0 Å². The molecule has 14 heavy (non-hydrogen) atoms. The van der Waals surface area contributed by atoms with Gasteiger partial charge in [-0.1, -0.05) is 0 Å². The molecule has 0 aliphatic carbocycles. The molecule has 0 unspecified atom stereocenters. The van der Waals surface area contributed by atoms with E-state index in [1.165, 1.54) is 11.3 Å². The Kier molecular flexibility index (Phi) is 2.29. The summed E-state index contributed by atoms with van der Waals surface area (Å²) in [6.07, 6.45) is 0. The van der Waals surface area contributed by atoms with Gasteiger partial charge in [-0.3, -0.25) is 0 Å². The van der Waals surface area contributed by atoms with Crippen LogP contribution in [0.5, 0.6) is 0 Å². The largest absolute Gasteiger partial charge is 0.204 e. The first-order valence-electron chi connectivity index (χ1n) is 3.85. The van der Waals surface area contributed by atoms with Crippen molar-refractivity contribution in [2.75, 3.05) is 0 Å². The van der Waals surface area contributed by atoms with Gasteiger partial charge in [0.2, 0.25) is 0 Å². The third-order valence-electron chi connectivity index (χ3n) is 1.84. The lowest BCUT2D eigenvalue weighted by Crippen LogP contribution is -1.90. The van der Waals surface area contributed by atoms with Crippen LogP contribution in [0.2, 0.25) is 0 Å². The third-order valence-corrected chi connectivity index (χ3v) is 2.52. The van der Waals surface area contributed by atoms with Crippen molar-refractivity contribution in [1.29, 1.82) is 0 Å². The summed E-state index contributed by atoms with van der Waals surface area (Å²) in [4.78, 5) is 0. The minimum absolute atomic E-state index is 0.350. The normalized spacial score (nSPS) is 10.5. The zero-order valence-electron chi connectivity index (χ0n) is 6.93. The minimum Gasteiger partial charge on any atom is -0.204 e. The van der Waals surface area contributed by atoms with Crippen LogP contribution in [0.1, 0.15) is 0 Å². The molecule has 0 bridgehead atoms. The Morgan fingerprint density at radius 2 is 1.57 bits per heavy atom. The molecule has 0 radical (unpaired) electrons. The van der Waals surface area contributed by atoms with Gasteiger partial charge in [0.05, 0.1) is 0 Å². The number of benzene rings is 1. The van der Waals surface area contributed by atoms with E-state index in [4.69, 9.17) is 0 Å². The van der Waals surface area contributed by atoms with Crippen molar-refractivity contribution in [3.63, 3.8) is 0 Å². The zero-order valence-corrected chi connectivity index (χ0v) is 7.75. The summed E-state index contributed by atoms with van der Waals surface area (Å²) in [5.74, 6) is -3.75. The van der Waals surface area contributed by atoms with E-state index in [0.717, 1.165) is 12.1 Å². The number of thiophene rings is 1. The van der Waals surface area contributed by atoms with Crippen LogP contribution >= 0.6 is 11.3 Å². The smallest absolute Gasteiger partial charge is 0.194 e. The topological polar surface area (TPSA) is 0 Å². The lowest BCUT2D eigenvalue weighted by atomic mass is 10.1. The van der Waals surface area contributed by atoms with Gasteiger partial charge in [-0.05, 0) is 40.1 Å². The molecule has 2 rings (SSSR count). The summed E-state index contributed by atoms with van der Waals surface area (Å²) in [6.45, 7) is 0. The third kappa shape index (κ3) is 1.53. The van der Waals surface area contributed by atoms with Crippen molar-refractivity contribution >= 4 is 11.3 Å². The summed E-state index contributed by atoms with van der Waals surface area (Å²) in [6, 6.07) is 3.69. The first-order valence-corrected chi connectivity index (χ1v) is 4.80. The van der Waals surface area contributed by atoms with Crippen LogP contribution in [0.3, 0.4) is 0 Å².